The second-order valence-corrected chi connectivity index (χ2v) is 6.60. The summed E-state index contributed by atoms with van der Waals surface area (Å²) >= 11 is 1.54. The van der Waals surface area contributed by atoms with Gasteiger partial charge in [0.2, 0.25) is 0 Å². The van der Waals surface area contributed by atoms with Crippen molar-refractivity contribution in [2.24, 2.45) is 0 Å². The van der Waals surface area contributed by atoms with Crippen molar-refractivity contribution in [3.8, 4) is 10.6 Å². The van der Waals surface area contributed by atoms with E-state index in [0.717, 1.165) is 16.0 Å². The van der Waals surface area contributed by atoms with E-state index in [9.17, 15) is 4.79 Å². The first-order valence-electron chi connectivity index (χ1n) is 8.07. The number of nitrogens with zero attached hydrogens (tertiary/aromatic N) is 2. The molecule has 0 aliphatic rings. The van der Waals surface area contributed by atoms with Crippen molar-refractivity contribution in [1.29, 1.82) is 0 Å². The van der Waals surface area contributed by atoms with Crippen LogP contribution in [0.1, 0.15) is 27.7 Å². The van der Waals surface area contributed by atoms with Crippen LogP contribution < -0.4 is 5.32 Å². The Morgan fingerprint density at radius 3 is 2.50 bits per heavy atom. The zero-order chi connectivity index (χ0) is 17.8. The fourth-order valence-corrected chi connectivity index (χ4v) is 3.36. The van der Waals surface area contributed by atoms with Gasteiger partial charge in [-0.25, -0.2) is 0 Å². The number of amides is 1. The molecule has 5 nitrogen and oxygen atoms in total. The smallest absolute Gasteiger partial charge is 0.274 e. The summed E-state index contributed by atoms with van der Waals surface area (Å²) in [5.41, 5.74) is 2.18. The van der Waals surface area contributed by atoms with Crippen molar-refractivity contribution >= 4 is 17.2 Å². The third kappa shape index (κ3) is 3.41. The molecular formula is C20H15N3O2S. The lowest BCUT2D eigenvalue weighted by Crippen LogP contribution is -2.29. The van der Waals surface area contributed by atoms with Gasteiger partial charge >= 0.3 is 0 Å². The molecule has 0 spiro atoms. The summed E-state index contributed by atoms with van der Waals surface area (Å²) < 4.78 is 5.31. The molecule has 128 valence electrons. The Morgan fingerprint density at radius 2 is 1.77 bits per heavy atom. The Balaban J connectivity index is 1.61. The largest absolute Gasteiger partial charge is 0.355 e. The monoisotopic (exact) mass is 361 g/mol. The number of benzene rings is 1. The van der Waals surface area contributed by atoms with E-state index in [4.69, 9.17) is 4.52 Å². The fourth-order valence-electron chi connectivity index (χ4n) is 2.68. The van der Waals surface area contributed by atoms with Gasteiger partial charge in [-0.3, -0.25) is 9.78 Å². The molecular weight excluding hydrogens is 346 g/mol. The normalized spacial score (nSPS) is 11.8. The van der Waals surface area contributed by atoms with Crippen LogP contribution in [0, 0.1) is 0 Å². The lowest BCUT2D eigenvalue weighted by molar-refractivity contribution is 0.0934. The van der Waals surface area contributed by atoms with Crippen molar-refractivity contribution in [1.82, 2.24) is 15.5 Å². The molecule has 4 rings (SSSR count). The predicted molar refractivity (Wildman–Crippen MR) is 99.8 cm³/mol. The molecule has 3 heterocycles. The molecule has 0 fully saturated rings. The van der Waals surface area contributed by atoms with E-state index < -0.39 is 0 Å². The van der Waals surface area contributed by atoms with Crippen molar-refractivity contribution in [2.45, 2.75) is 6.04 Å². The molecule has 0 saturated carbocycles. The highest BCUT2D eigenvalue weighted by Crippen LogP contribution is 2.26. The molecule has 1 N–H and O–H groups in total. The van der Waals surface area contributed by atoms with Crippen LogP contribution in [-0.2, 0) is 0 Å². The van der Waals surface area contributed by atoms with E-state index >= 15 is 0 Å². The SMILES string of the molecule is O=C(NC(c1ccccc1)c1ccncc1)c1cc(-c2cccs2)on1. The van der Waals surface area contributed by atoms with Crippen molar-refractivity contribution in [3.63, 3.8) is 0 Å². The van der Waals surface area contributed by atoms with Gasteiger partial charge in [0.1, 0.15) is 0 Å². The Labute approximate surface area is 154 Å². The number of carbonyl (C=O) groups is 1. The molecule has 0 aliphatic carbocycles. The van der Waals surface area contributed by atoms with E-state index in [0.29, 0.717) is 5.76 Å². The molecule has 0 bridgehead atoms. The number of thiophene rings is 1. The van der Waals surface area contributed by atoms with Crippen LogP contribution in [0.2, 0.25) is 0 Å². The van der Waals surface area contributed by atoms with Gasteiger partial charge in [0.05, 0.1) is 10.9 Å². The summed E-state index contributed by atoms with van der Waals surface area (Å²) in [6.45, 7) is 0. The standard InChI is InChI=1S/C20H15N3O2S/c24-20(16-13-17(25-23-16)18-7-4-12-26-18)22-19(14-5-2-1-3-6-14)15-8-10-21-11-9-15/h1-13,19H,(H,22,24). The minimum Gasteiger partial charge on any atom is -0.355 e. The van der Waals surface area contributed by atoms with Crippen molar-refractivity contribution in [3.05, 3.63) is 95.3 Å². The average molecular weight is 361 g/mol. The van der Waals surface area contributed by atoms with E-state index in [1.54, 1.807) is 18.5 Å². The summed E-state index contributed by atoms with van der Waals surface area (Å²) in [4.78, 5) is 17.7. The Hall–Kier alpha value is -3.25. The van der Waals surface area contributed by atoms with Gasteiger partial charge in [-0.15, -0.1) is 11.3 Å². The molecule has 6 heteroatoms. The molecule has 1 unspecified atom stereocenters. The lowest BCUT2D eigenvalue weighted by Gasteiger charge is -2.19. The van der Waals surface area contributed by atoms with Gasteiger partial charge in [0.15, 0.2) is 11.5 Å². The first-order chi connectivity index (χ1) is 12.8. The highest BCUT2D eigenvalue weighted by atomic mass is 32.1. The molecule has 0 radical (unpaired) electrons. The van der Waals surface area contributed by atoms with E-state index in [1.165, 1.54) is 11.3 Å². The summed E-state index contributed by atoms with van der Waals surface area (Å²) in [5, 5.41) is 8.91. The Kier molecular flexibility index (Phi) is 4.57. The maximum atomic E-state index is 12.7. The molecule has 0 aliphatic heterocycles. The second kappa shape index (κ2) is 7.33. The highest BCUT2D eigenvalue weighted by Gasteiger charge is 2.20. The molecule has 3 aromatic heterocycles. The van der Waals surface area contributed by atoms with Crippen molar-refractivity contribution < 1.29 is 9.32 Å². The van der Waals surface area contributed by atoms with Crippen LogP contribution in [-0.4, -0.2) is 16.0 Å². The summed E-state index contributed by atoms with van der Waals surface area (Å²) in [5.74, 6) is 0.299. The molecule has 1 aromatic carbocycles. The topological polar surface area (TPSA) is 68.0 Å². The third-order valence-corrected chi connectivity index (χ3v) is 4.84. The minimum absolute atomic E-state index is 0.253. The van der Waals surface area contributed by atoms with Crippen LogP contribution in [0.15, 0.2) is 83.0 Å². The zero-order valence-corrected chi connectivity index (χ0v) is 14.5. The number of nitrogens with one attached hydrogen (secondary N) is 1. The van der Waals surface area contributed by atoms with Gasteiger partial charge in [-0.1, -0.05) is 41.6 Å². The number of aromatic nitrogens is 2. The molecule has 1 atom stereocenters. The average Bonchev–Trinajstić information content (AvgIpc) is 3.39. The highest BCUT2D eigenvalue weighted by molar-refractivity contribution is 7.13. The third-order valence-electron chi connectivity index (χ3n) is 3.95. The summed E-state index contributed by atoms with van der Waals surface area (Å²) in [6.07, 6.45) is 3.42. The van der Waals surface area contributed by atoms with E-state index in [-0.39, 0.29) is 17.6 Å². The van der Waals surface area contributed by atoms with Gasteiger partial charge in [-0.05, 0) is 34.7 Å². The van der Waals surface area contributed by atoms with Crippen LogP contribution in [0.5, 0.6) is 0 Å². The molecule has 4 aromatic rings. The maximum absolute atomic E-state index is 12.7. The molecule has 1 amide bonds. The number of hydrogen-bond acceptors (Lipinski definition) is 5. The zero-order valence-electron chi connectivity index (χ0n) is 13.7. The van der Waals surface area contributed by atoms with Gasteiger partial charge in [-0.2, -0.15) is 0 Å². The molecule has 26 heavy (non-hydrogen) atoms. The predicted octanol–water partition coefficient (Wildman–Crippen LogP) is 4.32. The first-order valence-corrected chi connectivity index (χ1v) is 8.95. The number of rotatable bonds is 5. The van der Waals surface area contributed by atoms with Crippen LogP contribution in [0.4, 0.5) is 0 Å². The minimum atomic E-state index is -0.298. The maximum Gasteiger partial charge on any atom is 0.274 e. The number of carbonyl (C=O) groups excluding carboxylic acids is 1. The van der Waals surface area contributed by atoms with E-state index in [1.807, 2.05) is 60.0 Å². The summed E-state index contributed by atoms with van der Waals surface area (Å²) in [6, 6.07) is 18.8. The molecule has 0 saturated heterocycles. The van der Waals surface area contributed by atoms with Gasteiger partial charge < -0.3 is 9.84 Å². The Bertz CT molecular complexity index is 943. The number of pyridine rings is 1. The number of hydrogen-bond donors (Lipinski definition) is 1. The first kappa shape index (κ1) is 16.2. The second-order valence-electron chi connectivity index (χ2n) is 5.65. The Morgan fingerprint density at radius 1 is 1.00 bits per heavy atom. The van der Waals surface area contributed by atoms with Gasteiger partial charge in [0.25, 0.3) is 5.91 Å². The lowest BCUT2D eigenvalue weighted by atomic mass is 9.99. The van der Waals surface area contributed by atoms with Gasteiger partial charge in [0, 0.05) is 18.5 Å². The summed E-state index contributed by atoms with van der Waals surface area (Å²) in [7, 11) is 0. The van der Waals surface area contributed by atoms with E-state index in [2.05, 4.69) is 15.5 Å². The van der Waals surface area contributed by atoms with Crippen molar-refractivity contribution in [2.75, 3.05) is 0 Å². The van der Waals surface area contributed by atoms with Crippen LogP contribution >= 0.6 is 11.3 Å². The fraction of sp³-hybridized carbons (Fsp3) is 0.0500. The quantitative estimate of drug-likeness (QED) is 0.575. The van der Waals surface area contributed by atoms with Crippen LogP contribution in [0.3, 0.4) is 0 Å². The van der Waals surface area contributed by atoms with Crippen LogP contribution in [0.25, 0.3) is 10.6 Å².